The first-order chi connectivity index (χ1) is 18.9. The second-order valence-corrected chi connectivity index (χ2v) is 10.3. The molecule has 0 bridgehead atoms. The van der Waals surface area contributed by atoms with Crippen LogP contribution < -0.4 is 14.5 Å². The van der Waals surface area contributed by atoms with Gasteiger partial charge in [-0.25, -0.2) is 22.9 Å². The van der Waals surface area contributed by atoms with Gasteiger partial charge in [-0.2, -0.15) is 13.2 Å². The summed E-state index contributed by atoms with van der Waals surface area (Å²) in [7, 11) is 3.39. The Morgan fingerprint density at radius 1 is 1.10 bits per heavy atom. The van der Waals surface area contributed by atoms with E-state index >= 15 is 0 Å². The van der Waals surface area contributed by atoms with Gasteiger partial charge < -0.3 is 14.6 Å². The van der Waals surface area contributed by atoms with Gasteiger partial charge in [0.2, 0.25) is 17.7 Å². The molecule has 0 aliphatic heterocycles. The van der Waals surface area contributed by atoms with Gasteiger partial charge in [-0.3, -0.25) is 9.35 Å². The number of aromatic nitrogens is 2. The molecule has 1 atom stereocenters. The maximum absolute atomic E-state index is 13.6. The van der Waals surface area contributed by atoms with Crippen LogP contribution in [0.2, 0.25) is 0 Å². The fourth-order valence-corrected chi connectivity index (χ4v) is 5.07. The van der Waals surface area contributed by atoms with Crippen LogP contribution in [-0.2, 0) is 28.8 Å². The van der Waals surface area contributed by atoms with E-state index in [9.17, 15) is 31.1 Å². The molecule has 1 fully saturated rings. The summed E-state index contributed by atoms with van der Waals surface area (Å²) >= 11 is -2.64. The Bertz CT molecular complexity index is 1600. The SMILES string of the molecule is CN(C)c1nc(CNC(=O)C2(N(c3cc4cc(F)ccc4o3)S(=O)O)CC2)cc(-c2ccc(C(F)(F)F)cc2)n1. The smallest absolute Gasteiger partial charge is 0.416 e. The summed E-state index contributed by atoms with van der Waals surface area (Å²) in [6.45, 7) is -0.0885. The van der Waals surface area contributed by atoms with E-state index in [0.717, 1.165) is 16.4 Å². The normalized spacial score (nSPS) is 15.1. The number of nitrogens with zero attached hydrogens (tertiary/aromatic N) is 4. The lowest BCUT2D eigenvalue weighted by Gasteiger charge is -2.26. The average Bonchev–Trinajstić information content (AvgIpc) is 3.59. The Morgan fingerprint density at radius 3 is 2.40 bits per heavy atom. The van der Waals surface area contributed by atoms with Gasteiger partial charge in [-0.05, 0) is 49.2 Å². The van der Waals surface area contributed by atoms with E-state index in [1.165, 1.54) is 36.4 Å². The number of rotatable bonds is 8. The Hall–Kier alpha value is -4.04. The van der Waals surface area contributed by atoms with Gasteiger partial charge in [0.25, 0.3) is 11.3 Å². The highest BCUT2D eigenvalue weighted by atomic mass is 32.2. The van der Waals surface area contributed by atoms with Gasteiger partial charge in [-0.1, -0.05) is 12.1 Å². The summed E-state index contributed by atoms with van der Waals surface area (Å²) in [6.07, 6.45) is -3.95. The van der Waals surface area contributed by atoms with Gasteiger partial charge in [0.15, 0.2) is 0 Å². The third-order valence-electron chi connectivity index (χ3n) is 6.46. The highest BCUT2D eigenvalue weighted by molar-refractivity contribution is 7.80. The number of furan rings is 1. The van der Waals surface area contributed by atoms with Crippen molar-refractivity contribution in [3.05, 3.63) is 71.7 Å². The number of nitrogens with one attached hydrogen (secondary N) is 1. The summed E-state index contributed by atoms with van der Waals surface area (Å²) in [4.78, 5) is 23.8. The molecular weight excluding hydrogens is 554 g/mol. The molecule has 0 spiro atoms. The van der Waals surface area contributed by atoms with Crippen LogP contribution in [0.4, 0.5) is 29.4 Å². The van der Waals surface area contributed by atoms with Gasteiger partial charge in [0.05, 0.1) is 23.5 Å². The van der Waals surface area contributed by atoms with Crippen molar-refractivity contribution in [2.75, 3.05) is 23.3 Å². The van der Waals surface area contributed by atoms with Gasteiger partial charge in [-0.15, -0.1) is 0 Å². The highest BCUT2D eigenvalue weighted by Crippen LogP contribution is 2.46. The lowest BCUT2D eigenvalue weighted by Crippen LogP contribution is -2.50. The first kappa shape index (κ1) is 27.5. The van der Waals surface area contributed by atoms with Crippen LogP contribution in [0.3, 0.4) is 0 Å². The van der Waals surface area contributed by atoms with E-state index < -0.39 is 40.3 Å². The molecule has 14 heteroatoms. The van der Waals surface area contributed by atoms with Crippen LogP contribution in [-0.4, -0.2) is 44.3 Å². The minimum absolute atomic E-state index is 0.0596. The fraction of sp³-hybridized carbons (Fsp3) is 0.269. The lowest BCUT2D eigenvalue weighted by atomic mass is 10.1. The molecular formula is C26H23F4N5O4S. The average molecular weight is 578 g/mol. The molecule has 1 aliphatic carbocycles. The van der Waals surface area contributed by atoms with Crippen molar-refractivity contribution < 1.29 is 35.5 Å². The number of carbonyl (C=O) groups excluding carboxylic acids is 1. The molecule has 1 aliphatic rings. The number of anilines is 2. The van der Waals surface area contributed by atoms with Gasteiger partial charge in [0, 0.05) is 31.1 Å². The molecule has 9 nitrogen and oxygen atoms in total. The molecule has 4 aromatic rings. The molecule has 1 unspecified atom stereocenters. The number of alkyl halides is 3. The predicted molar refractivity (Wildman–Crippen MR) is 140 cm³/mol. The van der Waals surface area contributed by atoms with Crippen molar-refractivity contribution in [2.45, 2.75) is 31.1 Å². The van der Waals surface area contributed by atoms with E-state index in [0.29, 0.717) is 22.3 Å². The van der Waals surface area contributed by atoms with Crippen molar-refractivity contribution in [3.8, 4) is 11.3 Å². The standard InChI is InChI=1S/C26H23F4N5O4S/c1-34(2)24-32-19(13-20(33-24)15-3-5-17(6-4-15)26(28,29)30)14-31-23(36)25(9-10-25)35(40(37)38)22-12-16-11-18(27)7-8-21(16)39-22/h3-8,11-13H,9-10,14H2,1-2H3,(H,31,36)(H,37,38). The monoisotopic (exact) mass is 577 g/mol. The van der Waals surface area contributed by atoms with Crippen LogP contribution in [0.1, 0.15) is 24.1 Å². The predicted octanol–water partition coefficient (Wildman–Crippen LogP) is 4.91. The number of fused-ring (bicyclic) bond motifs is 1. The molecule has 0 saturated heterocycles. The summed E-state index contributed by atoms with van der Waals surface area (Å²) in [6, 6.07) is 11.3. The Kier molecular flexibility index (Phi) is 7.00. The minimum atomic E-state index is -4.47. The quantitative estimate of drug-likeness (QED) is 0.226. The number of hydrogen-bond acceptors (Lipinski definition) is 6. The number of amides is 1. The van der Waals surface area contributed by atoms with Crippen LogP contribution >= 0.6 is 0 Å². The zero-order chi connectivity index (χ0) is 28.8. The van der Waals surface area contributed by atoms with Gasteiger partial charge >= 0.3 is 6.18 Å². The summed E-state index contributed by atoms with van der Waals surface area (Å²) in [5.41, 5.74) is -0.733. The number of benzene rings is 2. The van der Waals surface area contributed by atoms with E-state index in [1.54, 1.807) is 25.1 Å². The molecule has 40 heavy (non-hydrogen) atoms. The van der Waals surface area contributed by atoms with E-state index in [-0.39, 0.29) is 36.8 Å². The lowest BCUT2D eigenvalue weighted by molar-refractivity contribution is -0.137. The van der Waals surface area contributed by atoms with Crippen molar-refractivity contribution >= 4 is 40.0 Å². The summed E-state index contributed by atoms with van der Waals surface area (Å²) < 4.78 is 81.6. The highest BCUT2D eigenvalue weighted by Gasteiger charge is 2.58. The third-order valence-corrected chi connectivity index (χ3v) is 7.30. The second kappa shape index (κ2) is 10.2. The Morgan fingerprint density at radius 2 is 1.80 bits per heavy atom. The number of hydrogen-bond donors (Lipinski definition) is 2. The number of halogens is 4. The maximum Gasteiger partial charge on any atom is 0.416 e. The third kappa shape index (κ3) is 5.36. The Labute approximate surface area is 228 Å². The molecule has 1 amide bonds. The maximum atomic E-state index is 13.6. The van der Waals surface area contributed by atoms with E-state index in [2.05, 4.69) is 15.3 Å². The largest absolute Gasteiger partial charge is 0.439 e. The first-order valence-corrected chi connectivity index (χ1v) is 13.1. The van der Waals surface area contributed by atoms with E-state index in [1.807, 2.05) is 0 Å². The zero-order valence-corrected chi connectivity index (χ0v) is 22.0. The minimum Gasteiger partial charge on any atom is -0.439 e. The van der Waals surface area contributed by atoms with Crippen LogP contribution in [0.15, 0.2) is 59.0 Å². The van der Waals surface area contributed by atoms with Crippen molar-refractivity contribution in [3.63, 3.8) is 0 Å². The van der Waals surface area contributed by atoms with Gasteiger partial charge in [0.1, 0.15) is 16.9 Å². The summed E-state index contributed by atoms with van der Waals surface area (Å²) in [5, 5.41) is 3.11. The molecule has 2 heterocycles. The Balaban J connectivity index is 1.39. The molecule has 2 aromatic carbocycles. The van der Waals surface area contributed by atoms with Crippen molar-refractivity contribution in [2.24, 2.45) is 0 Å². The van der Waals surface area contributed by atoms with Crippen LogP contribution in [0.25, 0.3) is 22.2 Å². The first-order valence-electron chi connectivity index (χ1n) is 12.0. The molecule has 1 saturated carbocycles. The van der Waals surface area contributed by atoms with Crippen LogP contribution in [0, 0.1) is 5.82 Å². The topological polar surface area (TPSA) is 112 Å². The molecule has 210 valence electrons. The van der Waals surface area contributed by atoms with Crippen molar-refractivity contribution in [1.82, 2.24) is 15.3 Å². The van der Waals surface area contributed by atoms with E-state index in [4.69, 9.17) is 4.42 Å². The molecule has 5 rings (SSSR count). The molecule has 2 aromatic heterocycles. The second-order valence-electron chi connectivity index (χ2n) is 9.52. The fourth-order valence-electron chi connectivity index (χ4n) is 4.27. The zero-order valence-electron chi connectivity index (χ0n) is 21.2. The van der Waals surface area contributed by atoms with Crippen molar-refractivity contribution in [1.29, 1.82) is 0 Å². The molecule has 0 radical (unpaired) electrons. The summed E-state index contributed by atoms with van der Waals surface area (Å²) in [5.74, 6) is -0.846. The molecule has 2 N–H and O–H groups in total. The van der Waals surface area contributed by atoms with Crippen LogP contribution in [0.5, 0.6) is 0 Å². The number of carbonyl (C=O) groups is 1.